The Morgan fingerprint density at radius 2 is 1.67 bits per heavy atom. The van der Waals surface area contributed by atoms with Crippen LogP contribution in [0.4, 0.5) is 0 Å². The maximum Gasteiger partial charge on any atom is 0.219 e. The number of rotatable bonds is 11. The van der Waals surface area contributed by atoms with E-state index in [0.29, 0.717) is 19.4 Å². The normalized spacial score (nSPS) is 11.4. The van der Waals surface area contributed by atoms with Gasteiger partial charge in [-0.2, -0.15) is 0 Å². The summed E-state index contributed by atoms with van der Waals surface area (Å²) in [5, 5.41) is 2.77. The second-order valence-corrected chi connectivity index (χ2v) is 7.08. The maximum atomic E-state index is 11.4. The van der Waals surface area contributed by atoms with Crippen LogP contribution in [0.25, 0.3) is 0 Å². The van der Waals surface area contributed by atoms with Crippen molar-refractivity contribution in [1.29, 1.82) is 0 Å². The highest BCUT2D eigenvalue weighted by atomic mass is 32.2. The molecule has 0 aromatic heterocycles. The lowest BCUT2D eigenvalue weighted by Crippen LogP contribution is -2.25. The topological polar surface area (TPSA) is 63.2 Å². The molecule has 18 heavy (non-hydrogen) atoms. The third kappa shape index (κ3) is 10.6. The van der Waals surface area contributed by atoms with E-state index < -0.39 is 9.84 Å². The molecule has 4 nitrogen and oxygen atoms in total. The van der Waals surface area contributed by atoms with E-state index in [-0.39, 0.29) is 17.4 Å². The van der Waals surface area contributed by atoms with E-state index in [1.54, 1.807) is 6.92 Å². The van der Waals surface area contributed by atoms with Crippen molar-refractivity contribution in [1.82, 2.24) is 5.32 Å². The van der Waals surface area contributed by atoms with Crippen molar-refractivity contribution < 1.29 is 13.2 Å². The molecule has 1 amide bonds. The van der Waals surface area contributed by atoms with Crippen LogP contribution in [0.3, 0.4) is 0 Å². The number of carbonyl (C=O) groups is 1. The van der Waals surface area contributed by atoms with Gasteiger partial charge in [-0.3, -0.25) is 4.79 Å². The second-order valence-electron chi connectivity index (χ2n) is 4.60. The number of hydrogen-bond donors (Lipinski definition) is 1. The first kappa shape index (κ1) is 17.4. The number of hydrogen-bond acceptors (Lipinski definition) is 3. The van der Waals surface area contributed by atoms with E-state index in [1.165, 1.54) is 19.3 Å². The van der Waals surface area contributed by atoms with Crippen LogP contribution in [0.2, 0.25) is 0 Å². The Labute approximate surface area is 111 Å². The quantitative estimate of drug-likeness (QED) is 0.589. The molecule has 0 aliphatic rings. The summed E-state index contributed by atoms with van der Waals surface area (Å²) in [6.07, 6.45) is 6.74. The molecule has 0 radical (unpaired) electrons. The fraction of sp³-hybridized carbons (Fsp3) is 0.923. The zero-order chi connectivity index (χ0) is 13.9. The molecule has 0 spiro atoms. The fourth-order valence-electron chi connectivity index (χ4n) is 1.64. The van der Waals surface area contributed by atoms with Crippen LogP contribution in [0.1, 0.15) is 58.8 Å². The van der Waals surface area contributed by atoms with Crippen molar-refractivity contribution in [2.45, 2.75) is 58.8 Å². The lowest BCUT2D eigenvalue weighted by Gasteiger charge is -2.05. The molecule has 108 valence electrons. The van der Waals surface area contributed by atoms with Gasteiger partial charge in [-0.05, 0) is 12.8 Å². The number of sulfone groups is 1. The minimum Gasteiger partial charge on any atom is -0.356 e. The number of amides is 1. The maximum absolute atomic E-state index is 11.4. The summed E-state index contributed by atoms with van der Waals surface area (Å²) in [6, 6.07) is 0. The molecule has 1 N–H and O–H groups in total. The van der Waals surface area contributed by atoms with E-state index in [0.717, 1.165) is 12.8 Å². The molecule has 0 aromatic carbocycles. The van der Waals surface area contributed by atoms with Crippen molar-refractivity contribution in [3.05, 3.63) is 0 Å². The van der Waals surface area contributed by atoms with Gasteiger partial charge in [0.2, 0.25) is 5.91 Å². The molecule has 0 rings (SSSR count). The SMILES string of the molecule is CCCCCCCC(=O)NCCCS(=O)(=O)CC. The van der Waals surface area contributed by atoms with E-state index in [2.05, 4.69) is 12.2 Å². The van der Waals surface area contributed by atoms with Gasteiger partial charge in [-0.25, -0.2) is 8.42 Å². The molecule has 0 aliphatic heterocycles. The fourth-order valence-corrected chi connectivity index (χ4v) is 2.51. The molecule has 0 saturated heterocycles. The van der Waals surface area contributed by atoms with Gasteiger partial charge in [0.15, 0.2) is 0 Å². The van der Waals surface area contributed by atoms with E-state index >= 15 is 0 Å². The molecular formula is C13H27NO3S. The molecular weight excluding hydrogens is 250 g/mol. The first-order valence-corrected chi connectivity index (χ1v) is 8.81. The smallest absolute Gasteiger partial charge is 0.219 e. The van der Waals surface area contributed by atoms with Gasteiger partial charge >= 0.3 is 0 Å². The zero-order valence-electron chi connectivity index (χ0n) is 11.7. The van der Waals surface area contributed by atoms with Gasteiger partial charge in [0.05, 0.1) is 5.75 Å². The summed E-state index contributed by atoms with van der Waals surface area (Å²) in [7, 11) is -2.90. The molecule has 0 heterocycles. The molecule has 0 bridgehead atoms. The summed E-state index contributed by atoms with van der Waals surface area (Å²) in [5.74, 6) is 0.388. The highest BCUT2D eigenvalue weighted by molar-refractivity contribution is 7.91. The lowest BCUT2D eigenvalue weighted by atomic mass is 10.1. The summed E-state index contributed by atoms with van der Waals surface area (Å²) >= 11 is 0. The molecule has 0 saturated carbocycles. The average molecular weight is 277 g/mol. The minimum absolute atomic E-state index is 0.0420. The van der Waals surface area contributed by atoms with E-state index in [9.17, 15) is 13.2 Å². The third-order valence-electron chi connectivity index (χ3n) is 2.90. The van der Waals surface area contributed by atoms with Crippen LogP contribution >= 0.6 is 0 Å². The molecule has 0 fully saturated rings. The molecule has 0 atom stereocenters. The Kier molecular flexibility index (Phi) is 10.0. The van der Waals surface area contributed by atoms with Crippen molar-refractivity contribution in [2.75, 3.05) is 18.1 Å². The van der Waals surface area contributed by atoms with Gasteiger partial charge in [0.1, 0.15) is 9.84 Å². The Balaban J connectivity index is 3.43. The summed E-state index contributed by atoms with van der Waals surface area (Å²) in [4.78, 5) is 11.4. The van der Waals surface area contributed by atoms with Crippen molar-refractivity contribution in [3.63, 3.8) is 0 Å². The van der Waals surface area contributed by atoms with Gasteiger partial charge in [0, 0.05) is 18.7 Å². The Morgan fingerprint density at radius 1 is 1.00 bits per heavy atom. The predicted octanol–water partition coefficient (Wildman–Crippen LogP) is 2.29. The van der Waals surface area contributed by atoms with Gasteiger partial charge in [-0.1, -0.05) is 39.5 Å². The monoisotopic (exact) mass is 277 g/mol. The lowest BCUT2D eigenvalue weighted by molar-refractivity contribution is -0.121. The van der Waals surface area contributed by atoms with Crippen LogP contribution in [-0.4, -0.2) is 32.4 Å². The van der Waals surface area contributed by atoms with Crippen LogP contribution in [0, 0.1) is 0 Å². The number of carbonyl (C=O) groups excluding carboxylic acids is 1. The first-order valence-electron chi connectivity index (χ1n) is 6.99. The standard InChI is InChI=1S/C13H27NO3S/c1-3-5-6-7-8-10-13(15)14-11-9-12-18(16,17)4-2/h3-12H2,1-2H3,(H,14,15). The van der Waals surface area contributed by atoms with Gasteiger partial charge in [-0.15, -0.1) is 0 Å². The van der Waals surface area contributed by atoms with Crippen molar-refractivity contribution in [3.8, 4) is 0 Å². The number of unbranched alkanes of at least 4 members (excludes halogenated alkanes) is 4. The van der Waals surface area contributed by atoms with Crippen LogP contribution < -0.4 is 5.32 Å². The molecule has 0 unspecified atom stereocenters. The highest BCUT2D eigenvalue weighted by Crippen LogP contribution is 2.04. The summed E-state index contributed by atoms with van der Waals surface area (Å²) in [6.45, 7) is 4.27. The van der Waals surface area contributed by atoms with Crippen LogP contribution in [-0.2, 0) is 14.6 Å². The van der Waals surface area contributed by atoms with Crippen LogP contribution in [0.15, 0.2) is 0 Å². The minimum atomic E-state index is -2.90. The molecule has 0 aromatic rings. The third-order valence-corrected chi connectivity index (χ3v) is 4.69. The Morgan fingerprint density at radius 3 is 2.28 bits per heavy atom. The largest absolute Gasteiger partial charge is 0.356 e. The first-order chi connectivity index (χ1) is 8.52. The number of nitrogens with one attached hydrogen (secondary N) is 1. The van der Waals surface area contributed by atoms with Gasteiger partial charge < -0.3 is 5.32 Å². The van der Waals surface area contributed by atoms with Crippen molar-refractivity contribution in [2.24, 2.45) is 0 Å². The Bertz CT molecular complexity index is 312. The predicted molar refractivity (Wildman–Crippen MR) is 75.3 cm³/mol. The highest BCUT2D eigenvalue weighted by Gasteiger charge is 2.07. The average Bonchev–Trinajstić information content (AvgIpc) is 2.34. The van der Waals surface area contributed by atoms with Crippen molar-refractivity contribution >= 4 is 15.7 Å². The second kappa shape index (κ2) is 10.4. The zero-order valence-corrected chi connectivity index (χ0v) is 12.5. The Hall–Kier alpha value is -0.580. The summed E-state index contributed by atoms with van der Waals surface area (Å²) < 4.78 is 22.4. The van der Waals surface area contributed by atoms with Gasteiger partial charge in [0.25, 0.3) is 0 Å². The van der Waals surface area contributed by atoms with E-state index in [1.807, 2.05) is 0 Å². The van der Waals surface area contributed by atoms with Crippen LogP contribution in [0.5, 0.6) is 0 Å². The molecule has 0 aliphatic carbocycles. The molecule has 5 heteroatoms. The summed E-state index contributed by atoms with van der Waals surface area (Å²) in [5.41, 5.74) is 0. The van der Waals surface area contributed by atoms with E-state index in [4.69, 9.17) is 0 Å².